The van der Waals surface area contributed by atoms with Crippen LogP contribution in [0.4, 0.5) is 5.69 Å². The molecule has 5 N–H and O–H groups in total. The maximum absolute atomic E-state index is 10.7. The number of hydrogen-bond acceptors (Lipinski definition) is 5. The molecule has 0 aliphatic heterocycles. The minimum absolute atomic E-state index is 0.0501. The molecule has 0 saturated heterocycles. The Bertz CT molecular complexity index is 436. The van der Waals surface area contributed by atoms with Gasteiger partial charge in [-0.3, -0.25) is 9.69 Å². The van der Waals surface area contributed by atoms with E-state index in [1.165, 1.54) is 0 Å². The number of nitrogen functional groups attached to an aromatic ring is 1. The summed E-state index contributed by atoms with van der Waals surface area (Å²) in [5, 5.41) is 27.5. The topological polar surface area (TPSA) is 107 Å². The van der Waals surface area contributed by atoms with Crippen molar-refractivity contribution in [1.29, 1.82) is 0 Å². The number of aliphatic carboxylic acids is 1. The van der Waals surface area contributed by atoms with Crippen LogP contribution in [-0.4, -0.2) is 58.5 Å². The molecule has 0 heterocycles. The minimum atomic E-state index is -0.845. The number of aliphatic hydroxyl groups is 2. The van der Waals surface area contributed by atoms with Gasteiger partial charge in [0, 0.05) is 31.9 Å². The van der Waals surface area contributed by atoms with Gasteiger partial charge < -0.3 is 21.1 Å². The molecule has 0 aliphatic carbocycles. The highest BCUT2D eigenvalue weighted by Gasteiger charge is 2.13. The van der Waals surface area contributed by atoms with E-state index >= 15 is 0 Å². The lowest BCUT2D eigenvalue weighted by molar-refractivity contribution is -0.137. The van der Waals surface area contributed by atoms with Crippen LogP contribution in [0.5, 0.6) is 0 Å². The van der Waals surface area contributed by atoms with Gasteiger partial charge in [0.2, 0.25) is 0 Å². The number of carbonyl (C=O) groups is 1. The van der Waals surface area contributed by atoms with Crippen LogP contribution in [0.25, 0.3) is 0 Å². The van der Waals surface area contributed by atoms with Gasteiger partial charge in [-0.2, -0.15) is 0 Å². The number of benzene rings is 1. The third-order valence-corrected chi connectivity index (χ3v) is 3.50. The zero-order chi connectivity index (χ0) is 16.4. The summed E-state index contributed by atoms with van der Waals surface area (Å²) in [5.41, 5.74) is 7.49. The van der Waals surface area contributed by atoms with Crippen LogP contribution in [0.3, 0.4) is 0 Å². The van der Waals surface area contributed by atoms with E-state index in [0.29, 0.717) is 38.2 Å². The molecule has 0 fully saturated rings. The summed E-state index contributed by atoms with van der Waals surface area (Å²) in [5.74, 6) is -0.845. The molecular formula is C16H26N2O4. The average Bonchev–Trinajstić information content (AvgIpc) is 2.49. The molecule has 0 saturated carbocycles. The molecule has 0 aliphatic rings. The first-order chi connectivity index (χ1) is 10.5. The van der Waals surface area contributed by atoms with Gasteiger partial charge in [0.25, 0.3) is 0 Å². The lowest BCUT2D eigenvalue weighted by atomic mass is 10.1. The Hall–Kier alpha value is -1.63. The van der Waals surface area contributed by atoms with E-state index in [2.05, 4.69) is 0 Å². The number of carboxylic acids is 1. The molecule has 22 heavy (non-hydrogen) atoms. The van der Waals surface area contributed by atoms with Gasteiger partial charge in [0.05, 0.1) is 12.5 Å². The quantitative estimate of drug-likeness (QED) is 0.449. The number of hydrogen-bond donors (Lipinski definition) is 4. The SMILES string of the molecule is Nc1ccc(CCN(CCC(=O)O)CC(O)CCCO)cc1. The number of carboxylic acid groups (broad SMARTS) is 1. The Labute approximate surface area is 131 Å². The number of nitrogens with two attached hydrogens (primary N) is 1. The van der Waals surface area contributed by atoms with Crippen LogP contribution in [0.1, 0.15) is 24.8 Å². The molecule has 0 radical (unpaired) electrons. The van der Waals surface area contributed by atoms with Gasteiger partial charge in [0.1, 0.15) is 0 Å². The summed E-state index contributed by atoms with van der Waals surface area (Å²) >= 11 is 0. The maximum atomic E-state index is 10.7. The number of anilines is 1. The Kier molecular flexibility index (Phi) is 8.50. The predicted molar refractivity (Wildman–Crippen MR) is 85.6 cm³/mol. The highest BCUT2D eigenvalue weighted by atomic mass is 16.4. The van der Waals surface area contributed by atoms with Crippen LogP contribution in [0, 0.1) is 0 Å². The minimum Gasteiger partial charge on any atom is -0.481 e. The van der Waals surface area contributed by atoms with E-state index in [0.717, 1.165) is 12.0 Å². The van der Waals surface area contributed by atoms with E-state index in [1.807, 2.05) is 29.2 Å². The van der Waals surface area contributed by atoms with Gasteiger partial charge in [-0.15, -0.1) is 0 Å². The highest BCUT2D eigenvalue weighted by Crippen LogP contribution is 2.08. The number of rotatable bonds is 11. The summed E-state index contributed by atoms with van der Waals surface area (Å²) in [7, 11) is 0. The maximum Gasteiger partial charge on any atom is 0.304 e. The molecule has 1 unspecified atom stereocenters. The van der Waals surface area contributed by atoms with E-state index in [4.69, 9.17) is 15.9 Å². The van der Waals surface area contributed by atoms with Crippen molar-refractivity contribution in [1.82, 2.24) is 4.90 Å². The highest BCUT2D eigenvalue weighted by molar-refractivity contribution is 5.66. The van der Waals surface area contributed by atoms with Crippen LogP contribution >= 0.6 is 0 Å². The smallest absolute Gasteiger partial charge is 0.304 e. The molecule has 0 bridgehead atoms. The third kappa shape index (κ3) is 7.97. The molecule has 6 heteroatoms. The fraction of sp³-hybridized carbons (Fsp3) is 0.562. The summed E-state index contributed by atoms with van der Waals surface area (Å²) in [6, 6.07) is 7.58. The van der Waals surface area contributed by atoms with Crippen molar-refractivity contribution >= 4 is 11.7 Å². The summed E-state index contributed by atoms with van der Waals surface area (Å²) in [6.07, 6.45) is 1.34. The molecule has 0 amide bonds. The molecule has 1 atom stereocenters. The van der Waals surface area contributed by atoms with E-state index < -0.39 is 12.1 Å². The van der Waals surface area contributed by atoms with Crippen LogP contribution in [0.15, 0.2) is 24.3 Å². The van der Waals surface area contributed by atoms with Gasteiger partial charge >= 0.3 is 5.97 Å². The Morgan fingerprint density at radius 2 is 1.91 bits per heavy atom. The van der Waals surface area contributed by atoms with Gasteiger partial charge in [-0.1, -0.05) is 12.1 Å². The first-order valence-electron chi connectivity index (χ1n) is 7.58. The van der Waals surface area contributed by atoms with Crippen molar-refractivity contribution in [3.8, 4) is 0 Å². The zero-order valence-corrected chi connectivity index (χ0v) is 12.8. The second-order valence-corrected chi connectivity index (χ2v) is 5.46. The van der Waals surface area contributed by atoms with E-state index in [-0.39, 0.29) is 13.0 Å². The molecule has 124 valence electrons. The van der Waals surface area contributed by atoms with Crippen molar-refractivity contribution < 1.29 is 20.1 Å². The lowest BCUT2D eigenvalue weighted by Crippen LogP contribution is -2.35. The van der Waals surface area contributed by atoms with Crippen molar-refractivity contribution in [2.24, 2.45) is 0 Å². The zero-order valence-electron chi connectivity index (χ0n) is 12.8. The molecule has 1 rings (SSSR count). The Morgan fingerprint density at radius 1 is 1.23 bits per heavy atom. The summed E-state index contributed by atoms with van der Waals surface area (Å²) < 4.78 is 0. The molecule has 0 spiro atoms. The van der Waals surface area contributed by atoms with Crippen molar-refractivity contribution in [2.75, 3.05) is 32.0 Å². The fourth-order valence-electron chi connectivity index (χ4n) is 2.24. The first kappa shape index (κ1) is 18.4. The average molecular weight is 310 g/mol. The predicted octanol–water partition coefficient (Wildman–Crippen LogP) is 0.721. The standard InChI is InChI=1S/C16H26N2O4/c17-14-5-3-13(4-6-14)7-9-18(10-8-16(21)22)12-15(20)2-1-11-19/h3-6,15,19-20H,1-2,7-12,17H2,(H,21,22). The lowest BCUT2D eigenvalue weighted by Gasteiger charge is -2.24. The van der Waals surface area contributed by atoms with E-state index in [9.17, 15) is 9.90 Å². The Morgan fingerprint density at radius 3 is 2.50 bits per heavy atom. The molecular weight excluding hydrogens is 284 g/mol. The van der Waals surface area contributed by atoms with Gasteiger partial charge in [-0.05, 0) is 37.0 Å². The van der Waals surface area contributed by atoms with Crippen LogP contribution < -0.4 is 5.73 Å². The first-order valence-corrected chi connectivity index (χ1v) is 7.58. The monoisotopic (exact) mass is 310 g/mol. The van der Waals surface area contributed by atoms with Gasteiger partial charge in [0.15, 0.2) is 0 Å². The molecule has 1 aromatic rings. The molecule has 6 nitrogen and oxygen atoms in total. The van der Waals surface area contributed by atoms with Crippen molar-refractivity contribution in [2.45, 2.75) is 31.8 Å². The van der Waals surface area contributed by atoms with Gasteiger partial charge in [-0.25, -0.2) is 0 Å². The second kappa shape index (κ2) is 10.2. The normalized spacial score (nSPS) is 12.5. The Balaban J connectivity index is 2.49. The number of aliphatic hydroxyl groups excluding tert-OH is 2. The second-order valence-electron chi connectivity index (χ2n) is 5.46. The third-order valence-electron chi connectivity index (χ3n) is 3.50. The fourth-order valence-corrected chi connectivity index (χ4v) is 2.24. The number of nitrogens with zero attached hydrogens (tertiary/aromatic N) is 1. The van der Waals surface area contributed by atoms with Crippen LogP contribution in [-0.2, 0) is 11.2 Å². The summed E-state index contributed by atoms with van der Waals surface area (Å²) in [6.45, 7) is 1.55. The molecule has 1 aromatic carbocycles. The van der Waals surface area contributed by atoms with Crippen molar-refractivity contribution in [3.05, 3.63) is 29.8 Å². The van der Waals surface area contributed by atoms with Crippen LogP contribution in [0.2, 0.25) is 0 Å². The largest absolute Gasteiger partial charge is 0.481 e. The summed E-state index contributed by atoms with van der Waals surface area (Å²) in [4.78, 5) is 12.7. The van der Waals surface area contributed by atoms with E-state index in [1.54, 1.807) is 0 Å². The molecule has 0 aromatic heterocycles. The van der Waals surface area contributed by atoms with Crippen molar-refractivity contribution in [3.63, 3.8) is 0 Å².